The Morgan fingerprint density at radius 3 is 2.61 bits per heavy atom. The molecule has 3 aromatic rings. The molecule has 0 saturated carbocycles. The van der Waals surface area contributed by atoms with E-state index < -0.39 is 0 Å². The molecule has 28 heavy (non-hydrogen) atoms. The number of hydrogen-bond acceptors (Lipinski definition) is 6. The second kappa shape index (κ2) is 7.48. The normalized spacial score (nSPS) is 19.1. The molecule has 1 atom stereocenters. The van der Waals surface area contributed by atoms with E-state index in [2.05, 4.69) is 39.4 Å². The van der Waals surface area contributed by atoms with E-state index in [4.69, 9.17) is 10.5 Å². The largest absolute Gasteiger partial charge is 0.507 e. The van der Waals surface area contributed by atoms with E-state index in [-0.39, 0.29) is 11.4 Å². The van der Waals surface area contributed by atoms with Crippen molar-refractivity contribution in [3.8, 4) is 17.0 Å². The van der Waals surface area contributed by atoms with E-state index in [1.807, 2.05) is 24.3 Å². The molecular weight excluding hydrogens is 352 g/mol. The van der Waals surface area contributed by atoms with Crippen molar-refractivity contribution in [2.24, 2.45) is 0 Å². The van der Waals surface area contributed by atoms with E-state index >= 15 is 0 Å². The second-order valence-electron chi connectivity index (χ2n) is 7.24. The van der Waals surface area contributed by atoms with Crippen LogP contribution in [0.15, 0.2) is 60.7 Å². The Hall–Kier alpha value is -3.12. The SMILES string of the molecule is COC1(Cc2ccccc2)CCN(c2cc(-c3ccccc3O)nnc2N)C1. The van der Waals surface area contributed by atoms with Crippen LogP contribution in [0, 0.1) is 0 Å². The van der Waals surface area contributed by atoms with Crippen molar-refractivity contribution in [1.29, 1.82) is 0 Å². The number of benzene rings is 2. The first-order valence-corrected chi connectivity index (χ1v) is 9.36. The number of hydrogen-bond donors (Lipinski definition) is 2. The fraction of sp³-hybridized carbons (Fsp3) is 0.273. The van der Waals surface area contributed by atoms with Crippen molar-refractivity contribution in [2.75, 3.05) is 30.8 Å². The zero-order valence-corrected chi connectivity index (χ0v) is 15.9. The molecule has 0 aliphatic carbocycles. The van der Waals surface area contributed by atoms with Crippen LogP contribution in [0.5, 0.6) is 5.75 Å². The van der Waals surface area contributed by atoms with Gasteiger partial charge in [-0.25, -0.2) is 0 Å². The molecular formula is C22H24N4O2. The monoisotopic (exact) mass is 376 g/mol. The topological polar surface area (TPSA) is 84.5 Å². The van der Waals surface area contributed by atoms with Crippen molar-refractivity contribution >= 4 is 11.5 Å². The molecule has 1 aromatic heterocycles. The van der Waals surface area contributed by atoms with E-state index in [0.717, 1.165) is 25.1 Å². The van der Waals surface area contributed by atoms with Gasteiger partial charge in [-0.05, 0) is 30.2 Å². The summed E-state index contributed by atoms with van der Waals surface area (Å²) in [4.78, 5) is 2.19. The fourth-order valence-corrected chi connectivity index (χ4v) is 3.87. The molecule has 3 N–H and O–H groups in total. The van der Waals surface area contributed by atoms with Gasteiger partial charge in [0, 0.05) is 32.2 Å². The molecule has 1 fully saturated rings. The summed E-state index contributed by atoms with van der Waals surface area (Å²) in [5.41, 5.74) is 9.18. The quantitative estimate of drug-likeness (QED) is 0.711. The Morgan fingerprint density at radius 1 is 1.11 bits per heavy atom. The van der Waals surface area contributed by atoms with Gasteiger partial charge in [0.2, 0.25) is 0 Å². The zero-order valence-electron chi connectivity index (χ0n) is 15.9. The summed E-state index contributed by atoms with van der Waals surface area (Å²) in [6.07, 6.45) is 1.73. The maximum Gasteiger partial charge on any atom is 0.169 e. The van der Waals surface area contributed by atoms with Crippen LogP contribution in [0.1, 0.15) is 12.0 Å². The van der Waals surface area contributed by atoms with Crippen LogP contribution in [-0.4, -0.2) is 41.1 Å². The first-order chi connectivity index (χ1) is 13.6. The van der Waals surface area contributed by atoms with Crippen LogP contribution in [-0.2, 0) is 11.2 Å². The molecule has 0 spiro atoms. The van der Waals surface area contributed by atoms with Crippen LogP contribution in [0.2, 0.25) is 0 Å². The summed E-state index contributed by atoms with van der Waals surface area (Å²) >= 11 is 0. The van der Waals surface area contributed by atoms with Crippen LogP contribution in [0.25, 0.3) is 11.3 Å². The van der Waals surface area contributed by atoms with Gasteiger partial charge in [-0.2, -0.15) is 0 Å². The molecule has 0 radical (unpaired) electrons. The summed E-state index contributed by atoms with van der Waals surface area (Å²) in [5, 5.41) is 18.4. The Balaban J connectivity index is 1.61. The molecule has 6 heteroatoms. The minimum absolute atomic E-state index is 0.171. The van der Waals surface area contributed by atoms with E-state index in [1.165, 1.54) is 5.56 Å². The highest BCUT2D eigenvalue weighted by Crippen LogP contribution is 2.36. The number of nitrogen functional groups attached to an aromatic ring is 1. The van der Waals surface area contributed by atoms with Gasteiger partial charge in [0.25, 0.3) is 0 Å². The standard InChI is InChI=1S/C22H24N4O2/c1-28-22(14-16-7-3-2-4-8-16)11-12-26(15-22)19-13-18(24-25-21(19)23)17-9-5-6-10-20(17)27/h2-10,13,27H,11-12,14-15H2,1H3,(H2,23,25). The van der Waals surface area contributed by atoms with Gasteiger partial charge in [-0.3, -0.25) is 0 Å². The third-order valence-electron chi connectivity index (χ3n) is 5.44. The van der Waals surface area contributed by atoms with Crippen molar-refractivity contribution < 1.29 is 9.84 Å². The summed E-state index contributed by atoms with van der Waals surface area (Å²) in [5.74, 6) is 0.551. The summed E-state index contributed by atoms with van der Waals surface area (Å²) in [6, 6.07) is 19.4. The van der Waals surface area contributed by atoms with Gasteiger partial charge in [0.05, 0.1) is 17.0 Å². The fourth-order valence-electron chi connectivity index (χ4n) is 3.87. The Labute approximate surface area is 164 Å². The van der Waals surface area contributed by atoms with Gasteiger partial charge < -0.3 is 20.5 Å². The lowest BCUT2D eigenvalue weighted by molar-refractivity contribution is 0.00927. The van der Waals surface area contributed by atoms with Gasteiger partial charge in [0.15, 0.2) is 5.82 Å². The number of methoxy groups -OCH3 is 1. The number of aromatic nitrogens is 2. The van der Waals surface area contributed by atoms with Crippen molar-refractivity contribution in [3.05, 3.63) is 66.2 Å². The molecule has 0 amide bonds. The number of nitrogens with zero attached hydrogens (tertiary/aromatic N) is 3. The van der Waals surface area contributed by atoms with Crippen molar-refractivity contribution in [2.45, 2.75) is 18.4 Å². The minimum Gasteiger partial charge on any atom is -0.507 e. The average Bonchev–Trinajstić information content (AvgIpc) is 3.14. The number of para-hydroxylation sites is 1. The van der Waals surface area contributed by atoms with Crippen molar-refractivity contribution in [1.82, 2.24) is 10.2 Å². The lowest BCUT2D eigenvalue weighted by Gasteiger charge is -2.29. The van der Waals surface area contributed by atoms with Crippen LogP contribution < -0.4 is 10.6 Å². The summed E-state index contributed by atoms with van der Waals surface area (Å²) < 4.78 is 5.97. The molecule has 1 saturated heterocycles. The second-order valence-corrected chi connectivity index (χ2v) is 7.24. The minimum atomic E-state index is -0.272. The Kier molecular flexibility index (Phi) is 4.88. The average molecular weight is 376 g/mol. The smallest absolute Gasteiger partial charge is 0.169 e. The van der Waals surface area contributed by atoms with Gasteiger partial charge >= 0.3 is 0 Å². The van der Waals surface area contributed by atoms with E-state index in [1.54, 1.807) is 19.2 Å². The molecule has 2 heterocycles. The number of anilines is 2. The lowest BCUT2D eigenvalue weighted by Crippen LogP contribution is -2.38. The Morgan fingerprint density at radius 2 is 1.86 bits per heavy atom. The Bertz CT molecular complexity index is 964. The zero-order chi connectivity index (χ0) is 19.6. The predicted octanol–water partition coefficient (Wildman–Crippen LogP) is 3.27. The summed E-state index contributed by atoms with van der Waals surface area (Å²) in [6.45, 7) is 1.53. The highest BCUT2D eigenvalue weighted by atomic mass is 16.5. The molecule has 1 aliphatic rings. The maximum atomic E-state index is 10.1. The van der Waals surface area contributed by atoms with Gasteiger partial charge in [-0.15, -0.1) is 10.2 Å². The maximum absolute atomic E-state index is 10.1. The number of phenols is 1. The third kappa shape index (κ3) is 3.51. The lowest BCUT2D eigenvalue weighted by atomic mass is 9.93. The van der Waals surface area contributed by atoms with Gasteiger partial charge in [-0.1, -0.05) is 42.5 Å². The molecule has 4 rings (SSSR count). The highest BCUT2D eigenvalue weighted by molar-refractivity contribution is 5.74. The number of nitrogens with two attached hydrogens (primary N) is 1. The molecule has 1 aliphatic heterocycles. The predicted molar refractivity (Wildman–Crippen MR) is 110 cm³/mol. The number of phenolic OH excluding ortho intramolecular Hbond substituents is 1. The molecule has 144 valence electrons. The first-order valence-electron chi connectivity index (χ1n) is 9.36. The highest BCUT2D eigenvalue weighted by Gasteiger charge is 2.39. The van der Waals surface area contributed by atoms with E-state index in [9.17, 15) is 5.11 Å². The number of ether oxygens (including phenoxy) is 1. The molecule has 2 aromatic carbocycles. The van der Waals surface area contributed by atoms with Crippen molar-refractivity contribution in [3.63, 3.8) is 0 Å². The van der Waals surface area contributed by atoms with E-state index in [0.29, 0.717) is 23.6 Å². The van der Waals surface area contributed by atoms with Crippen LogP contribution in [0.4, 0.5) is 11.5 Å². The van der Waals surface area contributed by atoms with Crippen LogP contribution in [0.3, 0.4) is 0 Å². The first kappa shape index (κ1) is 18.3. The molecule has 0 bridgehead atoms. The van der Waals surface area contributed by atoms with Gasteiger partial charge in [0.1, 0.15) is 5.75 Å². The molecule has 1 unspecified atom stereocenters. The molecule has 6 nitrogen and oxygen atoms in total. The number of aromatic hydroxyl groups is 1. The third-order valence-corrected chi connectivity index (χ3v) is 5.44. The number of rotatable bonds is 5. The summed E-state index contributed by atoms with van der Waals surface area (Å²) in [7, 11) is 1.77. The van der Waals surface area contributed by atoms with Crippen LogP contribution >= 0.6 is 0 Å².